The molecule has 5 rings (SSSR count). The molecule has 178 valence electrons. The topological polar surface area (TPSA) is 120 Å². The Morgan fingerprint density at radius 3 is 2.62 bits per heavy atom. The van der Waals surface area contributed by atoms with Gasteiger partial charge in [-0.1, -0.05) is 0 Å². The predicted octanol–water partition coefficient (Wildman–Crippen LogP) is 2.93. The lowest BCUT2D eigenvalue weighted by atomic mass is 9.92. The normalized spacial score (nSPS) is 26.3. The molecule has 0 unspecified atom stereocenters. The van der Waals surface area contributed by atoms with Crippen molar-refractivity contribution in [3.8, 4) is 5.75 Å². The molecule has 2 N–H and O–H groups in total. The number of aliphatic imine (C=N–C) groups is 1. The van der Waals surface area contributed by atoms with Crippen molar-refractivity contribution in [3.63, 3.8) is 0 Å². The Balaban J connectivity index is 1.54. The molecule has 0 saturated heterocycles. The van der Waals surface area contributed by atoms with E-state index in [2.05, 4.69) is 19.9 Å². The van der Waals surface area contributed by atoms with Gasteiger partial charge in [0, 0.05) is 29.3 Å². The number of hydrogen-bond acceptors (Lipinski definition) is 8. The molecule has 2 atom stereocenters. The third-order valence-electron chi connectivity index (χ3n) is 7.08. The van der Waals surface area contributed by atoms with Crippen LogP contribution in [0.3, 0.4) is 0 Å². The molecule has 10 heteroatoms. The minimum Gasteiger partial charge on any atom is -0.495 e. The molecule has 0 aromatic carbocycles. The smallest absolute Gasteiger partial charge is 0.165 e. The Kier molecular flexibility index (Phi) is 5.12. The number of ether oxygens (including phenoxy) is 1. The zero-order valence-corrected chi connectivity index (χ0v) is 20.1. The maximum Gasteiger partial charge on any atom is 0.165 e. The first kappa shape index (κ1) is 22.6. The Morgan fingerprint density at radius 1 is 1.18 bits per heavy atom. The van der Waals surface area contributed by atoms with Gasteiger partial charge in [0.2, 0.25) is 0 Å². The van der Waals surface area contributed by atoms with E-state index in [0.29, 0.717) is 22.7 Å². The number of pyridine rings is 3. The molecule has 1 aliphatic heterocycles. The number of halogens is 1. The number of methoxy groups -OCH3 is 1. The van der Waals surface area contributed by atoms with Gasteiger partial charge in [-0.05, 0) is 50.8 Å². The summed E-state index contributed by atoms with van der Waals surface area (Å²) < 4.78 is 45.7. The van der Waals surface area contributed by atoms with Crippen LogP contribution in [-0.2, 0) is 21.8 Å². The van der Waals surface area contributed by atoms with Crippen molar-refractivity contribution >= 4 is 26.6 Å². The molecule has 3 aromatic rings. The van der Waals surface area contributed by atoms with Crippen molar-refractivity contribution in [1.29, 1.82) is 0 Å². The van der Waals surface area contributed by atoms with Gasteiger partial charge in [0.25, 0.3) is 0 Å². The van der Waals surface area contributed by atoms with E-state index in [-0.39, 0.29) is 29.5 Å². The summed E-state index contributed by atoms with van der Waals surface area (Å²) >= 11 is 0. The lowest BCUT2D eigenvalue weighted by Crippen LogP contribution is -2.58. The standard InChI is InChI=1S/C24H26FN5O3S/c1-23(13-34(31,32)24(2,15-4-5-15)22(26)30-23)18-9-16(28-12-19(18)25)10-20-21-14(6-7-27-20)8-17(33-3)11-29-21/h6-9,11-12,15H,4-5,10,13H2,1-3H3,(H2,26,30)/t23-,24-/m0/s1. The van der Waals surface area contributed by atoms with E-state index < -0.39 is 25.9 Å². The van der Waals surface area contributed by atoms with Crippen LogP contribution in [0, 0.1) is 11.7 Å². The molecule has 4 heterocycles. The summed E-state index contributed by atoms with van der Waals surface area (Å²) in [7, 11) is -2.09. The highest BCUT2D eigenvalue weighted by Gasteiger charge is 2.58. The molecular formula is C24H26FN5O3S. The molecule has 0 spiro atoms. The Bertz CT molecular complexity index is 1440. The van der Waals surface area contributed by atoms with Crippen molar-refractivity contribution in [2.24, 2.45) is 16.6 Å². The van der Waals surface area contributed by atoms with E-state index in [4.69, 9.17) is 10.5 Å². The van der Waals surface area contributed by atoms with Gasteiger partial charge in [0.15, 0.2) is 9.84 Å². The number of hydrogen-bond donors (Lipinski definition) is 1. The van der Waals surface area contributed by atoms with Gasteiger partial charge in [-0.2, -0.15) is 0 Å². The van der Waals surface area contributed by atoms with Crippen LogP contribution >= 0.6 is 0 Å². The average Bonchev–Trinajstić information content (AvgIpc) is 3.64. The number of fused-ring (bicyclic) bond motifs is 1. The first-order valence-corrected chi connectivity index (χ1v) is 12.7. The number of sulfone groups is 1. The quantitative estimate of drug-likeness (QED) is 0.592. The summed E-state index contributed by atoms with van der Waals surface area (Å²) in [5.41, 5.74) is 6.92. The summed E-state index contributed by atoms with van der Waals surface area (Å²) in [6, 6.07) is 5.25. The predicted molar refractivity (Wildman–Crippen MR) is 127 cm³/mol. The van der Waals surface area contributed by atoms with Gasteiger partial charge in [0.1, 0.15) is 27.7 Å². The summed E-state index contributed by atoms with van der Waals surface area (Å²) in [5, 5.41) is 0.855. The highest BCUT2D eigenvalue weighted by Crippen LogP contribution is 2.49. The van der Waals surface area contributed by atoms with Crippen LogP contribution in [0.25, 0.3) is 10.9 Å². The zero-order valence-electron chi connectivity index (χ0n) is 19.2. The van der Waals surface area contributed by atoms with Crippen molar-refractivity contribution in [2.45, 2.75) is 43.4 Å². The van der Waals surface area contributed by atoms with Crippen LogP contribution in [0.5, 0.6) is 5.75 Å². The third-order valence-corrected chi connectivity index (χ3v) is 9.85. The Hall–Kier alpha value is -3.14. The first-order valence-electron chi connectivity index (χ1n) is 11.1. The molecule has 1 aliphatic carbocycles. The maximum atomic E-state index is 15.0. The minimum absolute atomic E-state index is 0.0350. The molecular weight excluding hydrogens is 457 g/mol. The molecule has 34 heavy (non-hydrogen) atoms. The highest BCUT2D eigenvalue weighted by molar-refractivity contribution is 7.93. The molecule has 2 aliphatic rings. The van der Waals surface area contributed by atoms with Crippen LogP contribution < -0.4 is 10.5 Å². The lowest BCUT2D eigenvalue weighted by molar-refractivity contribution is 0.413. The minimum atomic E-state index is -3.67. The summed E-state index contributed by atoms with van der Waals surface area (Å²) in [6.45, 7) is 3.25. The molecule has 3 aromatic heterocycles. The van der Waals surface area contributed by atoms with E-state index in [1.807, 2.05) is 12.1 Å². The van der Waals surface area contributed by atoms with Crippen LogP contribution in [0.15, 0.2) is 41.8 Å². The Morgan fingerprint density at radius 2 is 1.94 bits per heavy atom. The maximum absolute atomic E-state index is 15.0. The van der Waals surface area contributed by atoms with Gasteiger partial charge < -0.3 is 10.5 Å². The van der Waals surface area contributed by atoms with Crippen LogP contribution in [-0.4, -0.2) is 46.8 Å². The average molecular weight is 484 g/mol. The van der Waals surface area contributed by atoms with E-state index in [0.717, 1.165) is 24.4 Å². The van der Waals surface area contributed by atoms with Crippen LogP contribution in [0.4, 0.5) is 4.39 Å². The zero-order chi connectivity index (χ0) is 24.3. The van der Waals surface area contributed by atoms with Gasteiger partial charge in [-0.25, -0.2) is 12.8 Å². The van der Waals surface area contributed by atoms with Crippen molar-refractivity contribution < 1.29 is 17.5 Å². The highest BCUT2D eigenvalue weighted by atomic mass is 32.2. The van der Waals surface area contributed by atoms with E-state index in [1.54, 1.807) is 39.4 Å². The summed E-state index contributed by atoms with van der Waals surface area (Å²) in [5.74, 6) is -0.293. The molecule has 0 amide bonds. The fourth-order valence-electron chi connectivity index (χ4n) is 4.83. The molecule has 1 saturated carbocycles. The SMILES string of the molecule is COc1cnc2c(Cc3cc([C@]4(C)CS(=O)(=O)[C@@](C)(C5CC5)C(N)=N4)c(F)cn3)nccc2c1. The number of rotatable bonds is 5. The van der Waals surface area contributed by atoms with Gasteiger partial charge >= 0.3 is 0 Å². The first-order chi connectivity index (χ1) is 16.1. The van der Waals surface area contributed by atoms with E-state index in [1.165, 1.54) is 0 Å². The van der Waals surface area contributed by atoms with Crippen LogP contribution in [0.2, 0.25) is 0 Å². The molecule has 0 bridgehead atoms. The van der Waals surface area contributed by atoms with Gasteiger partial charge in [-0.3, -0.25) is 19.9 Å². The molecule has 8 nitrogen and oxygen atoms in total. The number of aromatic nitrogens is 3. The second-order valence-electron chi connectivity index (χ2n) is 9.45. The van der Waals surface area contributed by atoms with Gasteiger partial charge in [-0.15, -0.1) is 0 Å². The largest absolute Gasteiger partial charge is 0.495 e. The number of nitrogens with two attached hydrogens (primary N) is 1. The fraction of sp³-hybridized carbons (Fsp3) is 0.417. The van der Waals surface area contributed by atoms with E-state index in [9.17, 15) is 8.42 Å². The summed E-state index contributed by atoms with van der Waals surface area (Å²) in [6.07, 6.45) is 6.26. The third kappa shape index (κ3) is 3.51. The second kappa shape index (κ2) is 7.69. The second-order valence-corrected chi connectivity index (χ2v) is 11.8. The molecule has 0 radical (unpaired) electrons. The number of nitrogens with zero attached hydrogens (tertiary/aromatic N) is 4. The lowest BCUT2D eigenvalue weighted by Gasteiger charge is -2.40. The fourth-order valence-corrected chi connectivity index (χ4v) is 7.19. The monoisotopic (exact) mass is 483 g/mol. The molecule has 1 fully saturated rings. The van der Waals surface area contributed by atoms with Crippen LogP contribution in [0.1, 0.15) is 43.6 Å². The van der Waals surface area contributed by atoms with Crippen molar-refractivity contribution in [2.75, 3.05) is 12.9 Å². The number of amidine groups is 1. The van der Waals surface area contributed by atoms with Crippen molar-refractivity contribution in [3.05, 3.63) is 59.6 Å². The van der Waals surface area contributed by atoms with E-state index >= 15 is 4.39 Å². The van der Waals surface area contributed by atoms with Crippen molar-refractivity contribution in [1.82, 2.24) is 15.0 Å². The Labute approximate surface area is 197 Å². The summed E-state index contributed by atoms with van der Waals surface area (Å²) in [4.78, 5) is 17.7. The van der Waals surface area contributed by atoms with Gasteiger partial charge in [0.05, 0.1) is 36.5 Å².